The Kier molecular flexibility index (Phi) is 6.05. The van der Waals surface area contributed by atoms with E-state index in [0.717, 1.165) is 18.4 Å². The van der Waals surface area contributed by atoms with E-state index < -0.39 is 0 Å². The SMILES string of the molecule is CCC(C)NCC(=O)N1CCc2sccc2C1c1ccc(Cl)cc1Cl. The number of carbonyl (C=O) groups is 1. The molecule has 2 heterocycles. The van der Waals surface area contributed by atoms with Gasteiger partial charge in [-0.1, -0.05) is 36.2 Å². The minimum atomic E-state index is -0.147. The zero-order valence-corrected chi connectivity index (χ0v) is 16.7. The van der Waals surface area contributed by atoms with E-state index in [-0.39, 0.29) is 11.9 Å². The molecular formula is C19H22Cl2N2OS. The lowest BCUT2D eigenvalue weighted by Crippen LogP contribution is -2.45. The van der Waals surface area contributed by atoms with Gasteiger partial charge < -0.3 is 10.2 Å². The number of amides is 1. The molecule has 1 aromatic heterocycles. The second-order valence-corrected chi connectivity index (χ2v) is 8.24. The molecule has 0 radical (unpaired) electrons. The molecular weight excluding hydrogens is 375 g/mol. The number of benzene rings is 1. The highest BCUT2D eigenvalue weighted by molar-refractivity contribution is 7.10. The largest absolute Gasteiger partial charge is 0.330 e. The van der Waals surface area contributed by atoms with Crippen LogP contribution in [0.1, 0.15) is 42.3 Å². The lowest BCUT2D eigenvalue weighted by atomic mass is 9.93. The van der Waals surface area contributed by atoms with Crippen LogP contribution < -0.4 is 5.32 Å². The van der Waals surface area contributed by atoms with E-state index in [2.05, 4.69) is 30.6 Å². The maximum atomic E-state index is 12.9. The van der Waals surface area contributed by atoms with Crippen molar-refractivity contribution in [2.45, 2.75) is 38.8 Å². The highest BCUT2D eigenvalue weighted by Crippen LogP contribution is 2.40. The maximum Gasteiger partial charge on any atom is 0.237 e. The van der Waals surface area contributed by atoms with Gasteiger partial charge in [0.15, 0.2) is 0 Å². The van der Waals surface area contributed by atoms with E-state index in [1.54, 1.807) is 17.4 Å². The average molecular weight is 397 g/mol. The number of halogens is 2. The van der Waals surface area contributed by atoms with Crippen molar-refractivity contribution in [3.8, 4) is 0 Å². The lowest BCUT2D eigenvalue weighted by Gasteiger charge is -2.37. The summed E-state index contributed by atoms with van der Waals surface area (Å²) in [4.78, 5) is 16.2. The molecule has 1 aliphatic heterocycles. The van der Waals surface area contributed by atoms with E-state index in [1.807, 2.05) is 17.0 Å². The predicted molar refractivity (Wildman–Crippen MR) is 106 cm³/mol. The first-order chi connectivity index (χ1) is 12.0. The fourth-order valence-corrected chi connectivity index (χ4v) is 4.57. The smallest absolute Gasteiger partial charge is 0.237 e. The summed E-state index contributed by atoms with van der Waals surface area (Å²) in [6.45, 7) is 5.25. The summed E-state index contributed by atoms with van der Waals surface area (Å²) >= 11 is 14.3. The Bertz CT molecular complexity index is 762. The number of hydrogen-bond donors (Lipinski definition) is 1. The van der Waals surface area contributed by atoms with Gasteiger partial charge in [0.2, 0.25) is 5.91 Å². The molecule has 1 amide bonds. The van der Waals surface area contributed by atoms with Crippen LogP contribution in [0.25, 0.3) is 0 Å². The van der Waals surface area contributed by atoms with Crippen molar-refractivity contribution in [2.24, 2.45) is 0 Å². The van der Waals surface area contributed by atoms with Gasteiger partial charge in [-0.2, -0.15) is 0 Å². The monoisotopic (exact) mass is 396 g/mol. The number of carbonyl (C=O) groups excluding carboxylic acids is 1. The Morgan fingerprint density at radius 3 is 2.88 bits per heavy atom. The molecule has 1 N–H and O–H groups in total. The van der Waals surface area contributed by atoms with Crippen molar-refractivity contribution in [1.82, 2.24) is 10.2 Å². The van der Waals surface area contributed by atoms with Gasteiger partial charge in [0.25, 0.3) is 0 Å². The molecule has 6 heteroatoms. The third kappa shape index (κ3) is 4.03. The second-order valence-electron chi connectivity index (χ2n) is 6.39. The van der Waals surface area contributed by atoms with Crippen molar-refractivity contribution < 1.29 is 4.79 Å². The van der Waals surface area contributed by atoms with E-state index in [0.29, 0.717) is 29.2 Å². The Labute approximate surface area is 162 Å². The highest BCUT2D eigenvalue weighted by atomic mass is 35.5. The summed E-state index contributed by atoms with van der Waals surface area (Å²) in [7, 11) is 0. The van der Waals surface area contributed by atoms with Crippen molar-refractivity contribution in [1.29, 1.82) is 0 Å². The van der Waals surface area contributed by atoms with Gasteiger partial charge in [-0.3, -0.25) is 4.79 Å². The molecule has 25 heavy (non-hydrogen) atoms. The van der Waals surface area contributed by atoms with Crippen molar-refractivity contribution in [3.05, 3.63) is 55.7 Å². The van der Waals surface area contributed by atoms with Gasteiger partial charge in [-0.05, 0) is 54.5 Å². The van der Waals surface area contributed by atoms with Crippen LogP contribution in [0, 0.1) is 0 Å². The van der Waals surface area contributed by atoms with E-state index in [9.17, 15) is 4.79 Å². The Hall–Kier alpha value is -1.07. The van der Waals surface area contributed by atoms with Gasteiger partial charge in [0.05, 0.1) is 12.6 Å². The van der Waals surface area contributed by atoms with Crippen LogP contribution in [0.4, 0.5) is 0 Å². The molecule has 0 saturated carbocycles. The number of thiophene rings is 1. The van der Waals surface area contributed by atoms with E-state index in [4.69, 9.17) is 23.2 Å². The number of hydrogen-bond acceptors (Lipinski definition) is 3. The number of nitrogens with one attached hydrogen (secondary N) is 1. The third-order valence-electron chi connectivity index (χ3n) is 4.76. The Morgan fingerprint density at radius 1 is 1.36 bits per heavy atom. The summed E-state index contributed by atoms with van der Waals surface area (Å²) in [5.41, 5.74) is 2.11. The molecule has 134 valence electrons. The topological polar surface area (TPSA) is 32.3 Å². The molecule has 3 nitrogen and oxygen atoms in total. The minimum absolute atomic E-state index is 0.105. The first-order valence-corrected chi connectivity index (χ1v) is 10.2. The van der Waals surface area contributed by atoms with E-state index in [1.165, 1.54) is 10.4 Å². The van der Waals surface area contributed by atoms with Gasteiger partial charge in [-0.15, -0.1) is 11.3 Å². The normalized spacial score (nSPS) is 18.1. The summed E-state index contributed by atoms with van der Waals surface area (Å²) in [5.74, 6) is 0.105. The average Bonchev–Trinajstić information content (AvgIpc) is 3.07. The molecule has 1 aliphatic rings. The van der Waals surface area contributed by atoms with Gasteiger partial charge in [0.1, 0.15) is 0 Å². The van der Waals surface area contributed by atoms with Crippen LogP contribution in [-0.2, 0) is 11.2 Å². The quantitative estimate of drug-likeness (QED) is 0.777. The summed E-state index contributed by atoms with van der Waals surface area (Å²) in [5, 5.41) is 6.59. The van der Waals surface area contributed by atoms with Gasteiger partial charge in [-0.25, -0.2) is 0 Å². The van der Waals surface area contributed by atoms with Crippen LogP contribution in [0.5, 0.6) is 0 Å². The standard InChI is InChI=1S/C19H22Cl2N2OS/c1-3-12(2)22-11-18(24)23-8-6-17-15(7-9-25-17)19(23)14-5-4-13(20)10-16(14)21/h4-5,7,9-10,12,19,22H,3,6,8,11H2,1-2H3. The fourth-order valence-electron chi connectivity index (χ4n) is 3.15. The van der Waals surface area contributed by atoms with Crippen molar-refractivity contribution in [3.63, 3.8) is 0 Å². The summed E-state index contributed by atoms with van der Waals surface area (Å²) in [6, 6.07) is 7.80. The zero-order valence-electron chi connectivity index (χ0n) is 14.4. The number of rotatable bonds is 5. The zero-order chi connectivity index (χ0) is 18.0. The number of fused-ring (bicyclic) bond motifs is 1. The van der Waals surface area contributed by atoms with E-state index >= 15 is 0 Å². The molecule has 3 rings (SSSR count). The molecule has 0 fully saturated rings. The molecule has 0 bridgehead atoms. The van der Waals surface area contributed by atoms with Crippen LogP contribution in [0.3, 0.4) is 0 Å². The molecule has 0 saturated heterocycles. The maximum absolute atomic E-state index is 12.9. The minimum Gasteiger partial charge on any atom is -0.330 e. The van der Waals surface area contributed by atoms with Crippen molar-refractivity contribution in [2.75, 3.05) is 13.1 Å². The van der Waals surface area contributed by atoms with Crippen LogP contribution >= 0.6 is 34.5 Å². The fraction of sp³-hybridized carbons (Fsp3) is 0.421. The second kappa shape index (κ2) is 8.09. The van der Waals surface area contributed by atoms with Crippen LogP contribution in [0.15, 0.2) is 29.6 Å². The van der Waals surface area contributed by atoms with Crippen LogP contribution in [-0.4, -0.2) is 29.9 Å². The van der Waals surface area contributed by atoms with Crippen molar-refractivity contribution >= 4 is 40.4 Å². The van der Waals surface area contributed by atoms with Gasteiger partial charge >= 0.3 is 0 Å². The Balaban J connectivity index is 1.93. The summed E-state index contributed by atoms with van der Waals surface area (Å²) in [6.07, 6.45) is 1.89. The first kappa shape index (κ1) is 18.7. The third-order valence-corrected chi connectivity index (χ3v) is 6.32. The molecule has 1 aromatic carbocycles. The lowest BCUT2D eigenvalue weighted by molar-refractivity contribution is -0.132. The molecule has 2 unspecified atom stereocenters. The molecule has 0 aliphatic carbocycles. The number of nitrogens with zero attached hydrogens (tertiary/aromatic N) is 1. The Morgan fingerprint density at radius 2 is 2.16 bits per heavy atom. The first-order valence-electron chi connectivity index (χ1n) is 8.55. The molecule has 2 atom stereocenters. The molecule has 2 aromatic rings. The summed E-state index contributed by atoms with van der Waals surface area (Å²) < 4.78 is 0. The van der Waals surface area contributed by atoms with Gasteiger partial charge in [0, 0.05) is 27.5 Å². The van der Waals surface area contributed by atoms with Crippen LogP contribution in [0.2, 0.25) is 10.0 Å². The highest BCUT2D eigenvalue weighted by Gasteiger charge is 2.33. The predicted octanol–water partition coefficient (Wildman–Crippen LogP) is 4.92. The molecule has 0 spiro atoms.